The summed E-state index contributed by atoms with van der Waals surface area (Å²) in [5.74, 6) is 0.382. The number of ether oxygens (including phenoxy) is 2. The van der Waals surface area contributed by atoms with E-state index in [-0.39, 0.29) is 11.5 Å². The highest BCUT2D eigenvalue weighted by atomic mass is 16.5. The van der Waals surface area contributed by atoms with Crippen LogP contribution in [-0.4, -0.2) is 25.7 Å². The monoisotopic (exact) mass is 274 g/mol. The Morgan fingerprint density at radius 2 is 2.20 bits per heavy atom. The maximum absolute atomic E-state index is 12.1. The average Bonchev–Trinajstić information content (AvgIpc) is 2.43. The van der Waals surface area contributed by atoms with Crippen LogP contribution in [0.4, 0.5) is 5.69 Å². The van der Waals surface area contributed by atoms with E-state index < -0.39 is 0 Å². The number of benzene rings is 1. The van der Waals surface area contributed by atoms with Gasteiger partial charge in [-0.15, -0.1) is 0 Å². The first kappa shape index (κ1) is 14.4. The second-order valence-corrected chi connectivity index (χ2v) is 4.99. The predicted molar refractivity (Wildman–Crippen MR) is 74.5 cm³/mol. The Kier molecular flexibility index (Phi) is 4.26. The number of hydrogen-bond donors (Lipinski definition) is 1. The van der Waals surface area contributed by atoms with Crippen molar-refractivity contribution in [2.75, 3.05) is 19.5 Å². The molecule has 5 heteroatoms. The molecule has 1 aromatic rings. The lowest BCUT2D eigenvalue weighted by Gasteiger charge is -2.39. The largest absolute Gasteiger partial charge is 0.495 e. The summed E-state index contributed by atoms with van der Waals surface area (Å²) in [7, 11) is 3.16. The van der Waals surface area contributed by atoms with E-state index in [1.165, 1.54) is 7.11 Å². The van der Waals surface area contributed by atoms with E-state index in [1.807, 2.05) is 6.07 Å². The van der Waals surface area contributed by atoms with Crippen LogP contribution in [-0.2, 0) is 9.53 Å². The normalized spacial score (nSPS) is 15.8. The molecule has 0 saturated heterocycles. The molecule has 1 aliphatic carbocycles. The molecule has 0 aliphatic heterocycles. The van der Waals surface area contributed by atoms with Crippen LogP contribution in [0.1, 0.15) is 31.2 Å². The zero-order chi connectivity index (χ0) is 14.6. The first-order valence-corrected chi connectivity index (χ1v) is 6.55. The zero-order valence-electron chi connectivity index (χ0n) is 11.7. The Balaban J connectivity index is 2.06. The van der Waals surface area contributed by atoms with Crippen molar-refractivity contribution in [3.63, 3.8) is 0 Å². The summed E-state index contributed by atoms with van der Waals surface area (Å²) in [5, 5.41) is 11.7. The molecule has 106 valence electrons. The second kappa shape index (κ2) is 5.93. The number of carbonyl (C=O) groups excluding carboxylic acids is 1. The maximum Gasteiger partial charge on any atom is 0.227 e. The van der Waals surface area contributed by atoms with Crippen molar-refractivity contribution in [2.24, 2.45) is 0 Å². The number of rotatable bonds is 5. The molecule has 0 bridgehead atoms. The summed E-state index contributed by atoms with van der Waals surface area (Å²) in [5.41, 5.74) is 0.762. The van der Waals surface area contributed by atoms with E-state index in [2.05, 4.69) is 5.32 Å². The molecule has 1 saturated carbocycles. The fourth-order valence-electron chi connectivity index (χ4n) is 2.38. The average molecular weight is 274 g/mol. The zero-order valence-corrected chi connectivity index (χ0v) is 11.7. The highest BCUT2D eigenvalue weighted by Gasteiger charge is 2.39. The van der Waals surface area contributed by atoms with Gasteiger partial charge in [0.1, 0.15) is 5.75 Å². The van der Waals surface area contributed by atoms with E-state index in [9.17, 15) is 4.79 Å². The minimum Gasteiger partial charge on any atom is -0.495 e. The third-order valence-electron chi connectivity index (χ3n) is 3.79. The van der Waals surface area contributed by atoms with Gasteiger partial charge in [-0.3, -0.25) is 4.79 Å². The first-order valence-electron chi connectivity index (χ1n) is 6.55. The molecule has 0 heterocycles. The van der Waals surface area contributed by atoms with Crippen LogP contribution in [0.5, 0.6) is 5.75 Å². The van der Waals surface area contributed by atoms with Gasteiger partial charge in [-0.05, 0) is 31.4 Å². The summed E-state index contributed by atoms with van der Waals surface area (Å²) in [6.07, 6.45) is 3.27. The van der Waals surface area contributed by atoms with Crippen molar-refractivity contribution in [2.45, 2.75) is 31.3 Å². The molecule has 1 fully saturated rings. The number of hydrogen-bond acceptors (Lipinski definition) is 4. The number of methoxy groups -OCH3 is 2. The molecule has 0 radical (unpaired) electrons. The third-order valence-corrected chi connectivity index (χ3v) is 3.79. The maximum atomic E-state index is 12.1. The summed E-state index contributed by atoms with van der Waals surface area (Å²) < 4.78 is 10.6. The molecular formula is C15H18N2O3. The molecule has 20 heavy (non-hydrogen) atoms. The van der Waals surface area contributed by atoms with Gasteiger partial charge >= 0.3 is 0 Å². The van der Waals surface area contributed by atoms with Gasteiger partial charge in [0.05, 0.1) is 36.5 Å². The molecule has 2 rings (SSSR count). The molecule has 1 aliphatic rings. The lowest BCUT2D eigenvalue weighted by molar-refractivity contribution is -0.129. The Bertz CT molecular complexity index is 539. The molecule has 0 spiro atoms. The Morgan fingerprint density at radius 3 is 2.70 bits per heavy atom. The summed E-state index contributed by atoms with van der Waals surface area (Å²) in [6.45, 7) is 0. The third kappa shape index (κ3) is 2.91. The Morgan fingerprint density at radius 1 is 1.45 bits per heavy atom. The van der Waals surface area contributed by atoms with E-state index in [1.54, 1.807) is 25.3 Å². The number of carbonyl (C=O) groups is 1. The second-order valence-electron chi connectivity index (χ2n) is 4.99. The Hall–Kier alpha value is -2.06. The van der Waals surface area contributed by atoms with Crippen LogP contribution >= 0.6 is 0 Å². The SMILES string of the molecule is COc1cc(C#N)ccc1NC(=O)CC1(OC)CCC1. The van der Waals surface area contributed by atoms with Gasteiger partial charge in [-0.2, -0.15) is 5.26 Å². The van der Waals surface area contributed by atoms with Crippen LogP contribution in [0.3, 0.4) is 0 Å². The summed E-state index contributed by atoms with van der Waals surface area (Å²) in [6, 6.07) is 6.96. The van der Waals surface area contributed by atoms with Crippen molar-refractivity contribution >= 4 is 11.6 Å². The van der Waals surface area contributed by atoms with Gasteiger partial charge in [0.2, 0.25) is 5.91 Å². The van der Waals surface area contributed by atoms with Gasteiger partial charge in [-0.25, -0.2) is 0 Å². The highest BCUT2D eigenvalue weighted by molar-refractivity contribution is 5.93. The van der Waals surface area contributed by atoms with Gasteiger partial charge < -0.3 is 14.8 Å². The molecule has 0 atom stereocenters. The number of nitrogens with zero attached hydrogens (tertiary/aromatic N) is 1. The molecular weight excluding hydrogens is 256 g/mol. The smallest absolute Gasteiger partial charge is 0.227 e. The molecule has 5 nitrogen and oxygen atoms in total. The molecule has 0 aromatic heterocycles. The van der Waals surface area contributed by atoms with Crippen molar-refractivity contribution in [3.05, 3.63) is 23.8 Å². The summed E-state index contributed by atoms with van der Waals surface area (Å²) >= 11 is 0. The quantitative estimate of drug-likeness (QED) is 0.895. The van der Waals surface area contributed by atoms with Crippen molar-refractivity contribution in [3.8, 4) is 11.8 Å². The van der Waals surface area contributed by atoms with Crippen molar-refractivity contribution < 1.29 is 14.3 Å². The van der Waals surface area contributed by atoms with Gasteiger partial charge in [0, 0.05) is 13.2 Å². The number of nitriles is 1. The lowest BCUT2D eigenvalue weighted by atomic mass is 9.77. The first-order chi connectivity index (χ1) is 9.62. The Labute approximate surface area is 118 Å². The predicted octanol–water partition coefficient (Wildman–Crippen LogP) is 2.46. The van der Waals surface area contributed by atoms with Crippen LogP contribution in [0.25, 0.3) is 0 Å². The minimum absolute atomic E-state index is 0.102. The molecule has 1 aromatic carbocycles. The lowest BCUT2D eigenvalue weighted by Crippen LogP contribution is -2.42. The van der Waals surface area contributed by atoms with E-state index in [0.717, 1.165) is 19.3 Å². The number of amides is 1. The van der Waals surface area contributed by atoms with Crippen molar-refractivity contribution in [1.29, 1.82) is 5.26 Å². The van der Waals surface area contributed by atoms with Crippen molar-refractivity contribution in [1.82, 2.24) is 0 Å². The fourth-order valence-corrected chi connectivity index (χ4v) is 2.38. The van der Waals surface area contributed by atoms with Gasteiger partial charge in [0.25, 0.3) is 0 Å². The van der Waals surface area contributed by atoms with E-state index in [0.29, 0.717) is 23.4 Å². The van der Waals surface area contributed by atoms with E-state index in [4.69, 9.17) is 14.7 Å². The fraction of sp³-hybridized carbons (Fsp3) is 0.467. The summed E-state index contributed by atoms with van der Waals surface area (Å²) in [4.78, 5) is 12.1. The standard InChI is InChI=1S/C15H18N2O3/c1-19-13-8-11(10-16)4-5-12(13)17-14(18)9-15(20-2)6-3-7-15/h4-5,8H,3,6-7,9H2,1-2H3,(H,17,18). The van der Waals surface area contributed by atoms with Gasteiger partial charge in [-0.1, -0.05) is 0 Å². The van der Waals surface area contributed by atoms with Crippen LogP contribution in [0, 0.1) is 11.3 Å². The number of nitrogens with one attached hydrogen (secondary N) is 1. The van der Waals surface area contributed by atoms with Crippen LogP contribution in [0.15, 0.2) is 18.2 Å². The van der Waals surface area contributed by atoms with Gasteiger partial charge in [0.15, 0.2) is 0 Å². The molecule has 1 amide bonds. The van der Waals surface area contributed by atoms with E-state index >= 15 is 0 Å². The highest BCUT2D eigenvalue weighted by Crippen LogP contribution is 2.38. The van der Waals surface area contributed by atoms with Crippen LogP contribution < -0.4 is 10.1 Å². The van der Waals surface area contributed by atoms with Crippen LogP contribution in [0.2, 0.25) is 0 Å². The molecule has 0 unspecified atom stereocenters. The topological polar surface area (TPSA) is 71.3 Å². The number of anilines is 1. The minimum atomic E-state index is -0.302. The molecule has 1 N–H and O–H groups in total.